The van der Waals surface area contributed by atoms with E-state index in [-0.39, 0.29) is 24.8 Å². The minimum Gasteiger partial charge on any atom is -0.147 e. The third-order valence-corrected chi connectivity index (χ3v) is 23.9. The number of allylic oxidation sites excluding steroid dienone is 4. The number of halogens is 2. The first-order valence-corrected chi connectivity index (χ1v) is 26.5. The zero-order valence-electron chi connectivity index (χ0n) is 17.7. The molecule has 3 rings (SSSR count). The van der Waals surface area contributed by atoms with Crippen LogP contribution >= 0.6 is 24.8 Å². The van der Waals surface area contributed by atoms with Crippen LogP contribution < -0.4 is 0 Å². The zero-order chi connectivity index (χ0) is 19.0. The molecule has 1 unspecified atom stereocenters. The quantitative estimate of drug-likeness (QED) is 0.316. The summed E-state index contributed by atoms with van der Waals surface area (Å²) in [6.07, 6.45) is 10.3. The molecule has 0 bridgehead atoms. The van der Waals surface area contributed by atoms with E-state index in [2.05, 4.69) is 84.4 Å². The fraction of sp³-hybridized carbons (Fsp3) is 0.429. The molecule has 0 amide bonds. The molecule has 0 fully saturated rings. The van der Waals surface area contributed by atoms with Crippen molar-refractivity contribution in [3.8, 4) is 0 Å². The van der Waals surface area contributed by atoms with Crippen LogP contribution in [0.1, 0.15) is 21.2 Å². The third kappa shape index (κ3) is 5.62. The Labute approximate surface area is 186 Å². The predicted octanol–water partition coefficient (Wildman–Crippen LogP) is 5.97. The van der Waals surface area contributed by atoms with E-state index in [1.165, 1.54) is 11.1 Å². The van der Waals surface area contributed by atoms with Crippen LogP contribution in [0.15, 0.2) is 51.5 Å². The van der Waals surface area contributed by atoms with Gasteiger partial charge in [-0.25, -0.2) is 0 Å². The summed E-state index contributed by atoms with van der Waals surface area (Å²) >= 11 is -3.19. The van der Waals surface area contributed by atoms with Gasteiger partial charge in [0.05, 0.1) is 0 Å². The van der Waals surface area contributed by atoms with Crippen LogP contribution in [0.5, 0.6) is 0 Å². The number of hydrogen-bond acceptors (Lipinski definition) is 2. The maximum absolute atomic E-state index is 6.23. The van der Waals surface area contributed by atoms with Crippen LogP contribution in [-0.2, 0) is 26.6 Å². The smallest absolute Gasteiger partial charge is 0.147 e. The average Bonchev–Trinajstić information content (AvgIpc) is 3.18. The topological polar surface area (TPSA) is 18.5 Å². The maximum Gasteiger partial charge on any atom is -0.147 e. The second-order valence-corrected chi connectivity index (χ2v) is 43.7. The Bertz CT molecular complexity index is 863. The van der Waals surface area contributed by atoms with Gasteiger partial charge >= 0.3 is 163 Å². The Morgan fingerprint density at radius 1 is 1.07 bits per heavy atom. The Morgan fingerprint density at radius 3 is 2.43 bits per heavy atom. The van der Waals surface area contributed by atoms with Crippen LogP contribution in [-0.4, -0.2) is 28.4 Å². The fourth-order valence-electron chi connectivity index (χ4n) is 4.10. The molecule has 0 heterocycles. The maximum atomic E-state index is 6.23. The van der Waals surface area contributed by atoms with Gasteiger partial charge in [-0.05, 0) is 0 Å². The molecule has 0 aromatic heterocycles. The summed E-state index contributed by atoms with van der Waals surface area (Å²) in [6.45, 7) is 10.3. The summed E-state index contributed by atoms with van der Waals surface area (Å²) in [7, 11) is -1.47. The van der Waals surface area contributed by atoms with Crippen molar-refractivity contribution in [1.82, 2.24) is 0 Å². The van der Waals surface area contributed by atoms with Crippen molar-refractivity contribution in [2.45, 2.75) is 39.0 Å². The van der Waals surface area contributed by atoms with Gasteiger partial charge in [0.25, 0.3) is 0 Å². The van der Waals surface area contributed by atoms with Gasteiger partial charge in [-0.2, -0.15) is 0 Å². The summed E-state index contributed by atoms with van der Waals surface area (Å²) < 4.78 is 19.5. The molecule has 1 aromatic rings. The Hall–Kier alpha value is 0.0969. The largest absolute Gasteiger partial charge is 0.147 e. The van der Waals surface area contributed by atoms with Gasteiger partial charge in [-0.1, -0.05) is 0 Å². The molecular formula is C21H34Cl2O2Si2Zr. The molecule has 2 aliphatic rings. The SMILES string of the molecule is C[Si](C)(C)OCCOC1=[C]([Zr]([CH3])([CH3])(=[SiH2])[CH]2C=Cc3ccccc32)CC=C1.Cl.Cl. The average molecular weight is 537 g/mol. The molecule has 0 radical (unpaired) electrons. The molecule has 0 saturated carbocycles. The van der Waals surface area contributed by atoms with Crippen molar-refractivity contribution >= 4 is 46.1 Å². The summed E-state index contributed by atoms with van der Waals surface area (Å²) in [5, 5.41) is 0. The molecule has 0 N–H and O–H groups in total. The Balaban J connectivity index is 0.00000196. The van der Waals surface area contributed by atoms with Gasteiger partial charge in [-0.3, -0.25) is 0 Å². The minimum atomic E-state index is -3.19. The zero-order valence-corrected chi connectivity index (χ0v) is 24.2. The van der Waals surface area contributed by atoms with Crippen molar-refractivity contribution < 1.29 is 26.6 Å². The van der Waals surface area contributed by atoms with E-state index >= 15 is 0 Å². The van der Waals surface area contributed by atoms with Crippen LogP contribution in [0.3, 0.4) is 0 Å². The van der Waals surface area contributed by atoms with Crippen LogP contribution in [0.25, 0.3) is 6.08 Å². The van der Waals surface area contributed by atoms with E-state index in [0.29, 0.717) is 16.8 Å². The van der Waals surface area contributed by atoms with E-state index in [0.717, 1.165) is 12.2 Å². The van der Waals surface area contributed by atoms with Crippen molar-refractivity contribution in [1.29, 1.82) is 0 Å². The fourth-order valence-corrected chi connectivity index (χ4v) is 18.9. The van der Waals surface area contributed by atoms with Gasteiger partial charge in [0.15, 0.2) is 0 Å². The van der Waals surface area contributed by atoms with Crippen LogP contribution in [0.4, 0.5) is 0 Å². The second kappa shape index (κ2) is 9.49. The van der Waals surface area contributed by atoms with Gasteiger partial charge < -0.3 is 0 Å². The van der Waals surface area contributed by atoms with Crippen molar-refractivity contribution in [2.75, 3.05) is 13.2 Å². The predicted molar refractivity (Wildman–Crippen MR) is 129 cm³/mol. The number of ether oxygens (including phenoxy) is 1. The van der Waals surface area contributed by atoms with E-state index < -0.39 is 25.7 Å². The van der Waals surface area contributed by atoms with Crippen molar-refractivity contribution in [3.05, 3.63) is 62.7 Å². The van der Waals surface area contributed by atoms with Gasteiger partial charge in [0, 0.05) is 0 Å². The van der Waals surface area contributed by atoms with Gasteiger partial charge in [0.2, 0.25) is 0 Å². The molecule has 1 aromatic carbocycles. The third-order valence-electron chi connectivity index (χ3n) is 5.55. The monoisotopic (exact) mass is 534 g/mol. The molecule has 2 nitrogen and oxygen atoms in total. The first-order valence-electron chi connectivity index (χ1n) is 9.58. The standard InChI is InChI=1S/C10H17O2Si.C9H7.2CH3.2ClH.H2Si.Zr/c1-13(2,3)12-9-8-11-10-6-4-5-7-10;1-2-5-9-7-3-6-8(9)4-1;;;;;;/h4,6H,5,8-9H2,1-3H3;1-7H;2*1H3;2*1H;1H2;. The number of fused-ring (bicyclic) bond motifs is 1. The number of benzene rings is 1. The molecule has 2 aliphatic carbocycles. The molecule has 28 heavy (non-hydrogen) atoms. The van der Waals surface area contributed by atoms with E-state index in [9.17, 15) is 0 Å². The molecule has 0 saturated heterocycles. The van der Waals surface area contributed by atoms with E-state index in [1.807, 2.05) is 0 Å². The second-order valence-electron chi connectivity index (χ2n) is 9.53. The van der Waals surface area contributed by atoms with Crippen molar-refractivity contribution in [2.24, 2.45) is 0 Å². The van der Waals surface area contributed by atoms with E-state index in [4.69, 9.17) is 9.16 Å². The Morgan fingerprint density at radius 2 is 1.75 bits per heavy atom. The van der Waals surface area contributed by atoms with Gasteiger partial charge in [-0.15, -0.1) is 24.8 Å². The van der Waals surface area contributed by atoms with Crippen LogP contribution in [0.2, 0.25) is 28.9 Å². The summed E-state index contributed by atoms with van der Waals surface area (Å²) in [5.41, 5.74) is 2.91. The molecule has 0 aliphatic heterocycles. The number of rotatable bonds is 7. The summed E-state index contributed by atoms with van der Waals surface area (Å²) in [5.74, 6) is 1.13. The molecular weight excluding hydrogens is 503 g/mol. The summed E-state index contributed by atoms with van der Waals surface area (Å²) in [6, 6.07) is 8.88. The molecule has 1 atom stereocenters. The molecule has 0 spiro atoms. The summed E-state index contributed by atoms with van der Waals surface area (Å²) in [4.78, 5) is 0. The first-order chi connectivity index (χ1) is 12.1. The van der Waals surface area contributed by atoms with Gasteiger partial charge in [0.1, 0.15) is 0 Å². The normalized spacial score (nSPS) is 18.6. The Kier molecular flexibility index (Phi) is 8.86. The molecule has 156 valence electrons. The van der Waals surface area contributed by atoms with E-state index in [1.54, 1.807) is 3.28 Å². The number of hydrogen-bond donors (Lipinski definition) is 0. The van der Waals surface area contributed by atoms with Crippen molar-refractivity contribution in [3.63, 3.8) is 0 Å². The van der Waals surface area contributed by atoms with Crippen LogP contribution in [0, 0.1) is 0 Å². The first kappa shape index (κ1) is 26.1. The molecule has 7 heteroatoms. The minimum absolute atomic E-state index is 0.